The molecule has 3 unspecified atom stereocenters. The second kappa shape index (κ2) is 6.07. The predicted molar refractivity (Wildman–Crippen MR) is 92.2 cm³/mol. The van der Waals surface area contributed by atoms with Crippen molar-refractivity contribution in [2.24, 2.45) is 17.8 Å². The molecule has 24 heavy (non-hydrogen) atoms. The van der Waals surface area contributed by atoms with Crippen LogP contribution in [0.15, 0.2) is 48.7 Å². The molecule has 1 saturated carbocycles. The summed E-state index contributed by atoms with van der Waals surface area (Å²) in [5.74, 6) is 0.659. The number of fused-ring (bicyclic) bond motifs is 3. The summed E-state index contributed by atoms with van der Waals surface area (Å²) in [6, 6.07) is 9.44. The van der Waals surface area contributed by atoms with Gasteiger partial charge in [0.25, 0.3) is 0 Å². The molecule has 4 rings (SSSR count). The Morgan fingerprint density at radius 3 is 2.79 bits per heavy atom. The summed E-state index contributed by atoms with van der Waals surface area (Å²) >= 11 is 0. The molecular formula is C19H19N3O2. The van der Waals surface area contributed by atoms with Crippen LogP contribution in [0, 0.1) is 17.8 Å². The number of carbonyl (C=O) groups is 2. The predicted octanol–water partition coefficient (Wildman–Crippen LogP) is 2.50. The van der Waals surface area contributed by atoms with Crippen LogP contribution >= 0.6 is 0 Å². The molecule has 1 aromatic carbocycles. The van der Waals surface area contributed by atoms with Crippen LogP contribution < -0.4 is 10.6 Å². The van der Waals surface area contributed by atoms with Crippen molar-refractivity contribution in [1.29, 1.82) is 0 Å². The summed E-state index contributed by atoms with van der Waals surface area (Å²) < 4.78 is 0. The highest BCUT2D eigenvalue weighted by Crippen LogP contribution is 2.43. The molecule has 3 atom stereocenters. The number of anilines is 1. The van der Waals surface area contributed by atoms with E-state index in [2.05, 4.69) is 27.8 Å². The first-order valence-electron chi connectivity index (χ1n) is 8.30. The number of pyridine rings is 1. The Labute approximate surface area is 140 Å². The first-order chi connectivity index (χ1) is 11.7. The fraction of sp³-hybridized carbons (Fsp3) is 0.316. The molecule has 2 aliphatic rings. The largest absolute Gasteiger partial charge is 0.347 e. The van der Waals surface area contributed by atoms with Crippen LogP contribution in [0.25, 0.3) is 10.9 Å². The van der Waals surface area contributed by atoms with Crippen molar-refractivity contribution in [3.05, 3.63) is 48.7 Å². The van der Waals surface area contributed by atoms with Gasteiger partial charge in [0.15, 0.2) is 0 Å². The number of nitrogens with one attached hydrogen (secondary N) is 2. The summed E-state index contributed by atoms with van der Waals surface area (Å²) in [5.41, 5.74) is 1.41. The third-order valence-electron chi connectivity index (χ3n) is 4.95. The molecule has 2 N–H and O–H groups in total. The number of aromatic nitrogens is 1. The van der Waals surface area contributed by atoms with Crippen LogP contribution in [0.4, 0.5) is 5.69 Å². The lowest BCUT2D eigenvalue weighted by molar-refractivity contribution is -0.127. The Morgan fingerprint density at radius 1 is 1.12 bits per heavy atom. The third-order valence-corrected chi connectivity index (χ3v) is 4.95. The van der Waals surface area contributed by atoms with Crippen molar-refractivity contribution >= 4 is 28.4 Å². The molecule has 1 heterocycles. The monoisotopic (exact) mass is 321 g/mol. The number of hydrogen-bond acceptors (Lipinski definition) is 3. The lowest BCUT2D eigenvalue weighted by Gasteiger charge is -2.17. The number of amides is 2. The number of carbonyl (C=O) groups excluding carboxylic acids is 2. The van der Waals surface area contributed by atoms with E-state index in [1.807, 2.05) is 30.3 Å². The van der Waals surface area contributed by atoms with Crippen molar-refractivity contribution in [3.8, 4) is 0 Å². The van der Waals surface area contributed by atoms with Gasteiger partial charge >= 0.3 is 0 Å². The number of para-hydroxylation sites is 1. The van der Waals surface area contributed by atoms with Crippen LogP contribution in [0.5, 0.6) is 0 Å². The molecule has 2 aromatic rings. The van der Waals surface area contributed by atoms with Crippen LogP contribution in [-0.2, 0) is 9.59 Å². The first kappa shape index (κ1) is 14.9. The summed E-state index contributed by atoms with van der Waals surface area (Å²) in [6.45, 7) is -0.0142. The minimum atomic E-state index is -0.236. The number of nitrogens with zero attached hydrogens (tertiary/aromatic N) is 1. The molecule has 2 aliphatic carbocycles. The zero-order chi connectivity index (χ0) is 16.5. The Kier molecular flexibility index (Phi) is 3.76. The average molecular weight is 321 g/mol. The van der Waals surface area contributed by atoms with Gasteiger partial charge in [-0.1, -0.05) is 30.4 Å². The van der Waals surface area contributed by atoms with Gasteiger partial charge in [-0.15, -0.1) is 0 Å². The minimum absolute atomic E-state index is 0.0142. The summed E-state index contributed by atoms with van der Waals surface area (Å²) in [6.07, 6.45) is 8.02. The third kappa shape index (κ3) is 2.77. The summed E-state index contributed by atoms with van der Waals surface area (Å²) in [4.78, 5) is 28.7. The van der Waals surface area contributed by atoms with E-state index >= 15 is 0 Å². The topological polar surface area (TPSA) is 71.1 Å². The van der Waals surface area contributed by atoms with Crippen LogP contribution in [0.2, 0.25) is 0 Å². The van der Waals surface area contributed by atoms with E-state index in [0.29, 0.717) is 17.5 Å². The number of rotatable bonds is 4. The Balaban J connectivity index is 1.36. The Morgan fingerprint density at radius 2 is 2.00 bits per heavy atom. The van der Waals surface area contributed by atoms with Crippen LogP contribution in [-0.4, -0.2) is 23.3 Å². The molecule has 0 spiro atoms. The molecule has 0 saturated heterocycles. The van der Waals surface area contributed by atoms with E-state index in [9.17, 15) is 9.59 Å². The van der Waals surface area contributed by atoms with E-state index in [1.54, 1.807) is 6.20 Å². The lowest BCUT2D eigenvalue weighted by atomic mass is 9.93. The first-order valence-corrected chi connectivity index (χ1v) is 8.30. The molecule has 122 valence electrons. The van der Waals surface area contributed by atoms with Gasteiger partial charge in [0, 0.05) is 17.5 Å². The number of hydrogen-bond donors (Lipinski definition) is 2. The van der Waals surface area contributed by atoms with E-state index in [4.69, 9.17) is 0 Å². The van der Waals surface area contributed by atoms with E-state index < -0.39 is 0 Å². The van der Waals surface area contributed by atoms with Crippen LogP contribution in [0.1, 0.15) is 12.8 Å². The Bertz CT molecular complexity index is 825. The van der Waals surface area contributed by atoms with Gasteiger partial charge in [-0.2, -0.15) is 0 Å². The fourth-order valence-electron chi connectivity index (χ4n) is 3.78. The highest BCUT2D eigenvalue weighted by atomic mass is 16.2. The van der Waals surface area contributed by atoms with Crippen molar-refractivity contribution in [1.82, 2.24) is 10.3 Å². The summed E-state index contributed by atoms with van der Waals surface area (Å²) in [5, 5.41) is 6.57. The van der Waals surface area contributed by atoms with Gasteiger partial charge in [0.05, 0.1) is 17.7 Å². The quantitative estimate of drug-likeness (QED) is 0.850. The van der Waals surface area contributed by atoms with Gasteiger partial charge in [-0.05, 0) is 36.8 Å². The van der Waals surface area contributed by atoms with Crippen molar-refractivity contribution in [2.75, 3.05) is 11.9 Å². The zero-order valence-electron chi connectivity index (χ0n) is 13.2. The molecule has 0 radical (unpaired) electrons. The molecule has 2 amide bonds. The lowest BCUT2D eigenvalue weighted by Crippen LogP contribution is -2.38. The maximum absolute atomic E-state index is 12.3. The van der Waals surface area contributed by atoms with E-state index in [0.717, 1.165) is 23.7 Å². The van der Waals surface area contributed by atoms with Gasteiger partial charge in [0.1, 0.15) is 0 Å². The maximum atomic E-state index is 12.3. The Hall–Kier alpha value is -2.69. The number of allylic oxidation sites excluding steroid dienone is 2. The van der Waals surface area contributed by atoms with Gasteiger partial charge < -0.3 is 10.6 Å². The van der Waals surface area contributed by atoms with Gasteiger partial charge in [0.2, 0.25) is 11.8 Å². The van der Waals surface area contributed by atoms with Crippen LogP contribution in [0.3, 0.4) is 0 Å². The molecule has 0 aliphatic heterocycles. The normalized spacial score (nSPS) is 24.2. The van der Waals surface area contributed by atoms with E-state index in [1.165, 1.54) is 0 Å². The smallest absolute Gasteiger partial charge is 0.243 e. The van der Waals surface area contributed by atoms with Gasteiger partial charge in [-0.3, -0.25) is 14.6 Å². The minimum Gasteiger partial charge on any atom is -0.347 e. The molecule has 5 nitrogen and oxygen atoms in total. The SMILES string of the molecule is O=C(CNC(=O)C1CC2C=CC1C2)Nc1cccc2cccnc12. The van der Waals surface area contributed by atoms with E-state index in [-0.39, 0.29) is 24.3 Å². The highest BCUT2D eigenvalue weighted by Gasteiger charge is 2.39. The average Bonchev–Trinajstić information content (AvgIpc) is 3.23. The van der Waals surface area contributed by atoms with Crippen molar-refractivity contribution < 1.29 is 9.59 Å². The summed E-state index contributed by atoms with van der Waals surface area (Å²) in [7, 11) is 0. The molecular weight excluding hydrogens is 302 g/mol. The van der Waals surface area contributed by atoms with Crippen molar-refractivity contribution in [2.45, 2.75) is 12.8 Å². The van der Waals surface area contributed by atoms with Gasteiger partial charge in [-0.25, -0.2) is 0 Å². The molecule has 5 heteroatoms. The highest BCUT2D eigenvalue weighted by molar-refractivity contribution is 6.01. The molecule has 1 fully saturated rings. The van der Waals surface area contributed by atoms with Crippen molar-refractivity contribution in [3.63, 3.8) is 0 Å². The number of benzene rings is 1. The fourth-order valence-corrected chi connectivity index (χ4v) is 3.78. The standard InChI is InChI=1S/C19H19N3O2/c23-17(11-21-19(24)15-10-12-6-7-14(15)9-12)22-16-5-1-3-13-4-2-8-20-18(13)16/h1-8,12,14-15H,9-11H2,(H,21,24)(H,22,23). The second-order valence-corrected chi connectivity index (χ2v) is 6.53. The maximum Gasteiger partial charge on any atom is 0.243 e. The zero-order valence-corrected chi connectivity index (χ0v) is 13.2. The second-order valence-electron chi connectivity index (χ2n) is 6.53. The molecule has 2 bridgehead atoms. The molecule has 1 aromatic heterocycles.